The van der Waals surface area contributed by atoms with Crippen LogP contribution in [0.15, 0.2) is 35.5 Å². The molecule has 0 aliphatic rings. The average Bonchev–Trinajstić information content (AvgIpc) is 2.90. The summed E-state index contributed by atoms with van der Waals surface area (Å²) < 4.78 is 25.9. The van der Waals surface area contributed by atoms with Crippen molar-refractivity contribution in [3.63, 3.8) is 0 Å². The number of aromatic nitrogens is 2. The third kappa shape index (κ3) is 3.20. The number of hydrogen-bond donors (Lipinski definition) is 1. The smallest absolute Gasteiger partial charge is 0.271 e. The van der Waals surface area contributed by atoms with Crippen LogP contribution in [0, 0.1) is 10.1 Å². The van der Waals surface area contributed by atoms with Gasteiger partial charge in [0.2, 0.25) is 10.0 Å². The minimum absolute atomic E-state index is 0.103. The van der Waals surface area contributed by atoms with Crippen LogP contribution in [0.5, 0.6) is 0 Å². The molecule has 10 heteroatoms. The largest absolute Gasteiger partial charge is 0.285 e. The summed E-state index contributed by atoms with van der Waals surface area (Å²) in [5.74, 6) is 0. The number of rotatable bonds is 5. The van der Waals surface area contributed by atoms with Crippen LogP contribution in [0.3, 0.4) is 0 Å². The van der Waals surface area contributed by atoms with Gasteiger partial charge >= 0.3 is 0 Å². The molecule has 8 nitrogen and oxygen atoms in total. The van der Waals surface area contributed by atoms with Crippen molar-refractivity contribution >= 4 is 27.3 Å². The molecule has 0 spiro atoms. The summed E-state index contributed by atoms with van der Waals surface area (Å²) in [6, 6.07) is 3.24. The van der Waals surface area contributed by atoms with Crippen LogP contribution >= 0.6 is 11.6 Å². The highest BCUT2D eigenvalue weighted by atomic mass is 35.5. The Bertz CT molecular complexity index is 761. The molecule has 21 heavy (non-hydrogen) atoms. The van der Waals surface area contributed by atoms with Crippen LogP contribution in [0.25, 0.3) is 0 Å². The molecule has 0 unspecified atom stereocenters. The molecule has 0 saturated heterocycles. The monoisotopic (exact) mass is 330 g/mol. The van der Waals surface area contributed by atoms with Crippen molar-refractivity contribution in [1.29, 1.82) is 0 Å². The standard InChI is InChI=1S/C11H11ClN4O4S/c1-15(7-8-5-13-14-6-8)21(19,20)11-3-2-9(16(17)18)4-10(11)12/h2-6H,7H2,1H3,(H,13,14). The fourth-order valence-corrected chi connectivity index (χ4v) is 3.35. The molecule has 1 N–H and O–H groups in total. The van der Waals surface area contributed by atoms with Crippen LogP contribution in [0.4, 0.5) is 5.69 Å². The van der Waals surface area contributed by atoms with Gasteiger partial charge in [-0.05, 0) is 6.07 Å². The molecule has 0 bridgehead atoms. The summed E-state index contributed by atoms with van der Waals surface area (Å²) in [6.07, 6.45) is 3.08. The van der Waals surface area contributed by atoms with Gasteiger partial charge in [0.1, 0.15) is 4.90 Å². The number of nitrogens with one attached hydrogen (secondary N) is 1. The molecule has 1 heterocycles. The Morgan fingerprint density at radius 1 is 1.48 bits per heavy atom. The number of nitrogens with zero attached hydrogens (tertiary/aromatic N) is 3. The number of halogens is 1. The molecular formula is C11H11ClN4O4S. The number of hydrogen-bond acceptors (Lipinski definition) is 5. The lowest BCUT2D eigenvalue weighted by Crippen LogP contribution is -2.26. The first-order valence-electron chi connectivity index (χ1n) is 5.70. The summed E-state index contributed by atoms with van der Waals surface area (Å²) >= 11 is 5.86. The second-order valence-corrected chi connectivity index (χ2v) is 6.66. The van der Waals surface area contributed by atoms with Gasteiger partial charge in [0.15, 0.2) is 0 Å². The van der Waals surface area contributed by atoms with Gasteiger partial charge in [-0.2, -0.15) is 9.40 Å². The first-order valence-corrected chi connectivity index (χ1v) is 7.52. The number of nitro groups is 1. The van der Waals surface area contributed by atoms with Gasteiger partial charge in [-0.3, -0.25) is 15.2 Å². The molecule has 0 amide bonds. The van der Waals surface area contributed by atoms with E-state index in [1.165, 1.54) is 13.2 Å². The number of benzene rings is 1. The minimum Gasteiger partial charge on any atom is -0.285 e. The number of sulfonamides is 1. The van der Waals surface area contributed by atoms with E-state index >= 15 is 0 Å². The summed E-state index contributed by atoms with van der Waals surface area (Å²) in [5.41, 5.74) is 0.413. The van der Waals surface area contributed by atoms with Gasteiger partial charge in [0.05, 0.1) is 16.1 Å². The zero-order valence-corrected chi connectivity index (χ0v) is 12.4. The zero-order chi connectivity index (χ0) is 15.6. The first-order chi connectivity index (χ1) is 9.82. The number of nitro benzene ring substituents is 1. The van der Waals surface area contributed by atoms with Crippen molar-refractivity contribution in [2.75, 3.05) is 7.05 Å². The molecular weight excluding hydrogens is 320 g/mol. The van der Waals surface area contributed by atoms with Crippen LogP contribution < -0.4 is 0 Å². The molecule has 2 aromatic rings. The highest BCUT2D eigenvalue weighted by Crippen LogP contribution is 2.28. The molecule has 2 rings (SSSR count). The Kier molecular flexibility index (Phi) is 4.26. The summed E-state index contributed by atoms with van der Waals surface area (Å²) in [5, 5.41) is 16.8. The molecule has 1 aromatic heterocycles. The first kappa shape index (κ1) is 15.4. The van der Waals surface area contributed by atoms with E-state index in [0.29, 0.717) is 5.56 Å². The van der Waals surface area contributed by atoms with Crippen molar-refractivity contribution in [2.24, 2.45) is 0 Å². The Balaban J connectivity index is 2.33. The maximum absolute atomic E-state index is 12.4. The van der Waals surface area contributed by atoms with Crippen LogP contribution in [-0.2, 0) is 16.6 Å². The molecule has 0 aliphatic carbocycles. The highest BCUT2D eigenvalue weighted by Gasteiger charge is 2.25. The predicted molar refractivity (Wildman–Crippen MR) is 75.3 cm³/mol. The average molecular weight is 331 g/mol. The minimum atomic E-state index is -3.85. The molecule has 1 aromatic carbocycles. The maximum atomic E-state index is 12.4. The summed E-state index contributed by atoms with van der Waals surface area (Å²) in [7, 11) is -2.46. The van der Waals surface area contributed by atoms with Gasteiger partial charge < -0.3 is 0 Å². The van der Waals surface area contributed by atoms with E-state index in [0.717, 1.165) is 22.5 Å². The van der Waals surface area contributed by atoms with Gasteiger partial charge in [-0.1, -0.05) is 11.6 Å². The second-order valence-electron chi connectivity index (χ2n) is 4.24. The summed E-state index contributed by atoms with van der Waals surface area (Å²) in [4.78, 5) is 9.81. The van der Waals surface area contributed by atoms with Crippen molar-refractivity contribution in [3.8, 4) is 0 Å². The quantitative estimate of drug-likeness (QED) is 0.664. The zero-order valence-electron chi connectivity index (χ0n) is 10.9. The number of aromatic amines is 1. The lowest BCUT2D eigenvalue weighted by atomic mass is 10.3. The molecule has 112 valence electrons. The van der Waals surface area contributed by atoms with Crippen molar-refractivity contribution in [3.05, 3.63) is 51.3 Å². The van der Waals surface area contributed by atoms with Crippen molar-refractivity contribution in [1.82, 2.24) is 14.5 Å². The van der Waals surface area contributed by atoms with Crippen LogP contribution in [0.1, 0.15) is 5.56 Å². The molecule has 0 fully saturated rings. The van der Waals surface area contributed by atoms with E-state index in [1.54, 1.807) is 6.20 Å². The lowest BCUT2D eigenvalue weighted by Gasteiger charge is -2.17. The molecule has 0 aliphatic heterocycles. The van der Waals surface area contributed by atoms with E-state index in [1.807, 2.05) is 0 Å². The predicted octanol–water partition coefficient (Wildman–Crippen LogP) is 1.79. The van der Waals surface area contributed by atoms with Gasteiger partial charge in [-0.25, -0.2) is 8.42 Å². The van der Waals surface area contributed by atoms with E-state index < -0.39 is 14.9 Å². The Hall–Kier alpha value is -1.97. The fraction of sp³-hybridized carbons (Fsp3) is 0.182. The lowest BCUT2D eigenvalue weighted by molar-refractivity contribution is -0.384. The van der Waals surface area contributed by atoms with Crippen LogP contribution in [-0.4, -0.2) is 34.9 Å². The Morgan fingerprint density at radius 3 is 2.71 bits per heavy atom. The van der Waals surface area contributed by atoms with Gasteiger partial charge in [0.25, 0.3) is 5.69 Å². The van der Waals surface area contributed by atoms with Gasteiger partial charge in [0, 0.05) is 37.5 Å². The van der Waals surface area contributed by atoms with Crippen molar-refractivity contribution in [2.45, 2.75) is 11.4 Å². The van der Waals surface area contributed by atoms with E-state index in [2.05, 4.69) is 10.2 Å². The third-order valence-electron chi connectivity index (χ3n) is 2.77. The fourth-order valence-electron chi connectivity index (χ4n) is 1.69. The second kappa shape index (κ2) is 5.80. The van der Waals surface area contributed by atoms with Gasteiger partial charge in [-0.15, -0.1) is 0 Å². The normalized spacial score (nSPS) is 11.8. The van der Waals surface area contributed by atoms with E-state index in [4.69, 9.17) is 11.6 Å². The summed E-state index contributed by atoms with van der Waals surface area (Å²) in [6.45, 7) is 0.103. The topological polar surface area (TPSA) is 109 Å². The van der Waals surface area contributed by atoms with Crippen molar-refractivity contribution < 1.29 is 13.3 Å². The molecule has 0 atom stereocenters. The Morgan fingerprint density at radius 2 is 2.19 bits per heavy atom. The number of H-pyrrole nitrogens is 1. The maximum Gasteiger partial charge on any atom is 0.271 e. The molecule has 0 radical (unpaired) electrons. The van der Waals surface area contributed by atoms with E-state index in [9.17, 15) is 18.5 Å². The number of non-ortho nitro benzene ring substituents is 1. The van der Waals surface area contributed by atoms with Crippen LogP contribution in [0.2, 0.25) is 5.02 Å². The van der Waals surface area contributed by atoms with E-state index in [-0.39, 0.29) is 22.2 Å². The Labute approximate surface area is 125 Å². The molecule has 0 saturated carbocycles. The SMILES string of the molecule is CN(Cc1cn[nH]c1)S(=O)(=O)c1ccc([N+](=O)[O-])cc1Cl. The third-order valence-corrected chi connectivity index (χ3v) is 5.06. The highest BCUT2D eigenvalue weighted by molar-refractivity contribution is 7.89.